The van der Waals surface area contributed by atoms with Gasteiger partial charge < -0.3 is 10.5 Å². The molecule has 2 N–H and O–H groups in total. The fourth-order valence-corrected chi connectivity index (χ4v) is 4.08. The Morgan fingerprint density at radius 1 is 1.37 bits per heavy atom. The van der Waals surface area contributed by atoms with E-state index in [4.69, 9.17) is 22.1 Å². The molecule has 1 aromatic carbocycles. The van der Waals surface area contributed by atoms with E-state index in [1.54, 1.807) is 18.4 Å². The molecule has 2 rings (SSSR count). The molecule has 0 fully saturated rings. The smallest absolute Gasteiger partial charge is 0.122 e. The van der Waals surface area contributed by atoms with Gasteiger partial charge in [-0.15, -0.1) is 11.3 Å². The molecule has 0 aliphatic rings. The van der Waals surface area contributed by atoms with Crippen LogP contribution in [0.5, 0.6) is 5.75 Å². The topological polar surface area (TPSA) is 35.2 Å². The first-order valence-corrected chi connectivity index (χ1v) is 8.32. The number of hydrogen-bond donors (Lipinski definition) is 1. The minimum Gasteiger partial charge on any atom is -0.496 e. The Labute approximate surface area is 138 Å². The van der Waals surface area contributed by atoms with Crippen molar-refractivity contribution in [1.82, 2.24) is 0 Å². The molecular formula is C13H12Br2ClNOS. The third-order valence-corrected chi connectivity index (χ3v) is 6.34. The number of hydrogen-bond acceptors (Lipinski definition) is 3. The number of benzene rings is 1. The average Bonchev–Trinajstić information content (AvgIpc) is 2.70. The van der Waals surface area contributed by atoms with Gasteiger partial charge in [-0.2, -0.15) is 0 Å². The van der Waals surface area contributed by atoms with Gasteiger partial charge in [0.15, 0.2) is 0 Å². The molecule has 19 heavy (non-hydrogen) atoms. The van der Waals surface area contributed by atoms with Crippen molar-refractivity contribution in [2.45, 2.75) is 12.5 Å². The van der Waals surface area contributed by atoms with E-state index >= 15 is 0 Å². The summed E-state index contributed by atoms with van der Waals surface area (Å²) in [5.41, 5.74) is 7.27. The lowest BCUT2D eigenvalue weighted by Gasteiger charge is -2.13. The zero-order valence-corrected chi connectivity index (χ0v) is 14.9. The van der Waals surface area contributed by atoms with Crippen molar-refractivity contribution in [1.29, 1.82) is 0 Å². The van der Waals surface area contributed by atoms with Gasteiger partial charge in [-0.1, -0.05) is 11.6 Å². The van der Waals surface area contributed by atoms with Crippen molar-refractivity contribution in [3.63, 3.8) is 0 Å². The molecule has 1 heterocycles. The summed E-state index contributed by atoms with van der Waals surface area (Å²) in [6.07, 6.45) is 0.684. The number of methoxy groups -OCH3 is 1. The van der Waals surface area contributed by atoms with Gasteiger partial charge in [0.25, 0.3) is 0 Å². The molecule has 2 nitrogen and oxygen atoms in total. The summed E-state index contributed by atoms with van der Waals surface area (Å²) in [5.74, 6) is 0.814. The lowest BCUT2D eigenvalue weighted by molar-refractivity contribution is 0.408. The van der Waals surface area contributed by atoms with Crippen molar-refractivity contribution in [3.8, 4) is 5.75 Å². The summed E-state index contributed by atoms with van der Waals surface area (Å²) in [5, 5.41) is 0.691. The maximum atomic E-state index is 6.25. The summed E-state index contributed by atoms with van der Waals surface area (Å²) in [6.45, 7) is 0. The van der Waals surface area contributed by atoms with Crippen LogP contribution in [-0.2, 0) is 6.42 Å². The van der Waals surface area contributed by atoms with Crippen molar-refractivity contribution in [2.75, 3.05) is 7.11 Å². The van der Waals surface area contributed by atoms with Crippen LogP contribution >= 0.6 is 54.8 Å². The van der Waals surface area contributed by atoms with E-state index in [1.807, 2.05) is 24.3 Å². The van der Waals surface area contributed by atoms with Gasteiger partial charge >= 0.3 is 0 Å². The van der Waals surface area contributed by atoms with Crippen LogP contribution in [0.4, 0.5) is 0 Å². The summed E-state index contributed by atoms with van der Waals surface area (Å²) in [6, 6.07) is 7.53. The molecule has 102 valence electrons. The third-order valence-electron chi connectivity index (χ3n) is 2.71. The fourth-order valence-electron chi connectivity index (χ4n) is 1.79. The van der Waals surface area contributed by atoms with Crippen molar-refractivity contribution in [3.05, 3.63) is 48.0 Å². The summed E-state index contributed by atoms with van der Waals surface area (Å²) < 4.78 is 7.42. The highest BCUT2D eigenvalue weighted by molar-refractivity contribution is 9.13. The zero-order chi connectivity index (χ0) is 14.0. The number of nitrogens with two attached hydrogens (primary N) is 1. The Bertz CT molecular complexity index is 569. The van der Waals surface area contributed by atoms with Gasteiger partial charge in [-0.05, 0) is 68.1 Å². The fraction of sp³-hybridized carbons (Fsp3) is 0.231. The van der Waals surface area contributed by atoms with E-state index in [2.05, 4.69) is 31.9 Å². The van der Waals surface area contributed by atoms with Gasteiger partial charge in [0.1, 0.15) is 5.75 Å². The van der Waals surface area contributed by atoms with Crippen LogP contribution in [0.1, 0.15) is 16.5 Å². The monoisotopic (exact) mass is 423 g/mol. The normalized spacial score (nSPS) is 12.5. The minimum atomic E-state index is -0.0834. The molecule has 0 spiro atoms. The van der Waals surface area contributed by atoms with Crippen LogP contribution in [0.2, 0.25) is 5.02 Å². The van der Waals surface area contributed by atoms with Crippen LogP contribution in [0, 0.1) is 0 Å². The Balaban J connectivity index is 2.23. The second-order valence-corrected chi connectivity index (χ2v) is 7.73. The second-order valence-electron chi connectivity index (χ2n) is 4.04. The second kappa shape index (κ2) is 6.59. The predicted molar refractivity (Wildman–Crippen MR) is 88.4 cm³/mol. The molecule has 1 unspecified atom stereocenters. The van der Waals surface area contributed by atoms with Crippen molar-refractivity contribution >= 4 is 54.8 Å². The zero-order valence-electron chi connectivity index (χ0n) is 10.1. The predicted octanol–water partition coefficient (Wildman–Crippen LogP) is 5.18. The highest BCUT2D eigenvalue weighted by Crippen LogP contribution is 2.36. The maximum Gasteiger partial charge on any atom is 0.122 e. The molecular weight excluding hydrogens is 413 g/mol. The lowest BCUT2D eigenvalue weighted by atomic mass is 10.0. The van der Waals surface area contributed by atoms with E-state index in [-0.39, 0.29) is 6.04 Å². The molecule has 1 atom stereocenters. The summed E-state index contributed by atoms with van der Waals surface area (Å²) in [4.78, 5) is 1.11. The average molecular weight is 426 g/mol. The SMILES string of the molecule is COc1ccc(Cl)cc1CC(N)c1cc(Br)c(Br)s1. The number of thiophene rings is 1. The van der Waals surface area contributed by atoms with Crippen LogP contribution in [0.25, 0.3) is 0 Å². The van der Waals surface area contributed by atoms with Crippen molar-refractivity contribution in [2.24, 2.45) is 5.73 Å². The van der Waals surface area contributed by atoms with Gasteiger partial charge in [0, 0.05) is 20.4 Å². The molecule has 0 saturated carbocycles. The van der Waals surface area contributed by atoms with E-state index in [0.717, 1.165) is 24.4 Å². The van der Waals surface area contributed by atoms with Gasteiger partial charge in [-0.25, -0.2) is 0 Å². The Morgan fingerprint density at radius 3 is 2.68 bits per heavy atom. The van der Waals surface area contributed by atoms with E-state index in [0.29, 0.717) is 11.4 Å². The quantitative estimate of drug-likeness (QED) is 0.733. The highest BCUT2D eigenvalue weighted by Gasteiger charge is 2.15. The van der Waals surface area contributed by atoms with Crippen LogP contribution in [0.3, 0.4) is 0 Å². The van der Waals surface area contributed by atoms with E-state index in [9.17, 15) is 0 Å². The standard InChI is InChI=1S/C13H12Br2ClNOS/c1-18-11-3-2-8(16)4-7(11)5-10(17)12-6-9(14)13(15)19-12/h2-4,6,10H,5,17H2,1H3. The Kier molecular flexibility index (Phi) is 5.31. The summed E-state index contributed by atoms with van der Waals surface area (Å²) >= 11 is 14.6. The highest BCUT2D eigenvalue weighted by atomic mass is 79.9. The first-order chi connectivity index (χ1) is 9.01. The van der Waals surface area contributed by atoms with E-state index in [1.165, 1.54) is 0 Å². The molecule has 0 radical (unpaired) electrons. The molecule has 0 bridgehead atoms. The van der Waals surface area contributed by atoms with Crippen LogP contribution in [-0.4, -0.2) is 7.11 Å². The van der Waals surface area contributed by atoms with Gasteiger partial charge in [0.2, 0.25) is 0 Å². The Hall–Kier alpha value is -0.0700. The number of rotatable bonds is 4. The molecule has 0 aliphatic carbocycles. The molecule has 6 heteroatoms. The number of halogens is 3. The minimum absolute atomic E-state index is 0.0834. The van der Waals surface area contributed by atoms with Gasteiger partial charge in [0.05, 0.1) is 10.9 Å². The molecule has 0 aliphatic heterocycles. The molecule has 1 aromatic heterocycles. The lowest BCUT2D eigenvalue weighted by Crippen LogP contribution is -2.12. The van der Waals surface area contributed by atoms with Crippen molar-refractivity contribution < 1.29 is 4.74 Å². The molecule has 0 saturated heterocycles. The first kappa shape index (κ1) is 15.3. The molecule has 2 aromatic rings. The maximum absolute atomic E-state index is 6.25. The Morgan fingerprint density at radius 2 is 2.11 bits per heavy atom. The molecule has 0 amide bonds. The largest absolute Gasteiger partial charge is 0.496 e. The van der Waals surface area contributed by atoms with E-state index < -0.39 is 0 Å². The van der Waals surface area contributed by atoms with Gasteiger partial charge in [-0.3, -0.25) is 0 Å². The first-order valence-electron chi connectivity index (χ1n) is 5.54. The van der Waals surface area contributed by atoms with Crippen LogP contribution in [0.15, 0.2) is 32.5 Å². The summed E-state index contributed by atoms with van der Waals surface area (Å²) in [7, 11) is 1.65. The third kappa shape index (κ3) is 3.73. The number of ether oxygens (including phenoxy) is 1. The van der Waals surface area contributed by atoms with Crippen LogP contribution < -0.4 is 10.5 Å².